The molecule has 5 aromatic rings. The molecule has 0 saturated carbocycles. The number of benzene rings is 5. The van der Waals surface area contributed by atoms with Gasteiger partial charge in [0.1, 0.15) is 0 Å². The van der Waals surface area contributed by atoms with Crippen LogP contribution in [0.5, 0.6) is 0 Å². The Morgan fingerprint density at radius 3 is 1.77 bits per heavy atom. The van der Waals surface area contributed by atoms with Crippen molar-refractivity contribution in [1.29, 1.82) is 0 Å². The summed E-state index contributed by atoms with van der Waals surface area (Å²) in [7, 11) is -3.78. The minimum atomic E-state index is -3.78. The number of aryl methyl sites for hydroxylation is 3. The summed E-state index contributed by atoms with van der Waals surface area (Å²) in [5, 5.41) is 1.87. The zero-order valence-electron chi connectivity index (χ0n) is 22.4. The summed E-state index contributed by atoms with van der Waals surface area (Å²) < 4.78 is 29.3. The zero-order valence-corrected chi connectivity index (χ0v) is 24.9. The van der Waals surface area contributed by atoms with E-state index in [2.05, 4.69) is 43.7 Å². The normalized spacial score (nSPS) is 12.5. The van der Waals surface area contributed by atoms with Crippen molar-refractivity contribution in [2.45, 2.75) is 37.8 Å². The average molecular weight is 624 g/mol. The Kier molecular flexibility index (Phi) is 10.7. The molecule has 0 aliphatic carbocycles. The van der Waals surface area contributed by atoms with Crippen molar-refractivity contribution < 1.29 is 27.9 Å². The second kappa shape index (κ2) is 13.8. The van der Waals surface area contributed by atoms with E-state index < -0.39 is 22.1 Å². The molecule has 0 aromatic heterocycles. The third-order valence-corrected chi connectivity index (χ3v) is 8.12. The number of rotatable bonds is 6. The van der Waals surface area contributed by atoms with Gasteiger partial charge in [0.25, 0.3) is 0 Å². The van der Waals surface area contributed by atoms with Crippen molar-refractivity contribution in [3.05, 3.63) is 149 Å². The molecule has 2 atom stereocenters. The Labute approximate surface area is 245 Å². The first-order valence-corrected chi connectivity index (χ1v) is 14.1. The Balaban J connectivity index is 0.000000359. The Morgan fingerprint density at radius 2 is 1.18 bits per heavy atom. The van der Waals surface area contributed by atoms with Gasteiger partial charge in [0.2, 0.25) is 10.0 Å². The topological polar surface area (TPSA) is 72.2 Å². The summed E-state index contributed by atoms with van der Waals surface area (Å²) in [5.41, 5.74) is 12.3. The molecule has 0 saturated heterocycles. The summed E-state index contributed by atoms with van der Waals surface area (Å²) in [6.07, 6.45) is 0. The number of nitrogens with two attached hydrogens (primary N) is 1. The molecular formula is C33H34N2O2RuS. The predicted octanol–water partition coefficient (Wildman–Crippen LogP) is 7.17. The van der Waals surface area contributed by atoms with Crippen LogP contribution < -0.4 is 10.5 Å². The van der Waals surface area contributed by atoms with E-state index in [4.69, 9.17) is 5.73 Å². The summed E-state index contributed by atoms with van der Waals surface area (Å²) in [6, 6.07) is 37.1. The van der Waals surface area contributed by atoms with Crippen molar-refractivity contribution in [1.82, 2.24) is 4.72 Å². The standard InChI is InChI=1S/C24H22N2O2S.C9H12.Ru/c25-23(19-10-3-1-4-11-19)24(20-12-5-2-6-13-20)26-29(27,28)22-16-15-18-9-7-8-14-21(18)17-22;1-7-4-5-8(2)9(3)6-7;/h1-17,23-24,26H,25H2;4-6H,1-3H3;/t23-,24-;;/m1../s1. The van der Waals surface area contributed by atoms with Crippen LogP contribution in [0.1, 0.15) is 39.9 Å². The molecule has 6 heteroatoms. The fourth-order valence-electron chi connectivity index (χ4n) is 4.34. The molecule has 3 N–H and O–H groups in total. The van der Waals surface area contributed by atoms with E-state index in [9.17, 15) is 8.42 Å². The third kappa shape index (κ3) is 7.94. The van der Waals surface area contributed by atoms with Crippen molar-refractivity contribution in [2.24, 2.45) is 5.73 Å². The average Bonchev–Trinajstić information content (AvgIpc) is 2.94. The first-order chi connectivity index (χ1) is 18.2. The minimum Gasteiger partial charge on any atom is -0.322 e. The molecule has 0 aliphatic rings. The van der Waals surface area contributed by atoms with Crippen LogP contribution in [0.25, 0.3) is 10.8 Å². The molecular weight excluding hydrogens is 590 g/mol. The van der Waals surface area contributed by atoms with Gasteiger partial charge in [-0.3, -0.25) is 0 Å². The molecule has 0 spiro atoms. The maximum atomic E-state index is 13.2. The fraction of sp³-hybridized carbons (Fsp3) is 0.152. The smallest absolute Gasteiger partial charge is 0.241 e. The summed E-state index contributed by atoms with van der Waals surface area (Å²) in [6.45, 7) is 6.39. The van der Waals surface area contributed by atoms with Crippen LogP contribution in [0.3, 0.4) is 0 Å². The largest absolute Gasteiger partial charge is 0.322 e. The molecule has 0 heterocycles. The molecule has 0 unspecified atom stereocenters. The molecule has 0 radical (unpaired) electrons. The van der Waals surface area contributed by atoms with Crippen LogP contribution in [0.15, 0.2) is 126 Å². The maximum absolute atomic E-state index is 13.2. The summed E-state index contributed by atoms with van der Waals surface area (Å²) >= 11 is 0. The Hall–Kier alpha value is -3.15. The van der Waals surface area contributed by atoms with Gasteiger partial charge < -0.3 is 5.73 Å². The van der Waals surface area contributed by atoms with E-state index >= 15 is 0 Å². The van der Waals surface area contributed by atoms with Gasteiger partial charge >= 0.3 is 0 Å². The molecule has 202 valence electrons. The summed E-state index contributed by atoms with van der Waals surface area (Å²) in [5.74, 6) is 0. The van der Waals surface area contributed by atoms with Crippen LogP contribution in [0.2, 0.25) is 0 Å². The van der Waals surface area contributed by atoms with E-state index in [1.165, 1.54) is 16.7 Å². The first kappa shape index (κ1) is 30.4. The van der Waals surface area contributed by atoms with Crippen molar-refractivity contribution >= 4 is 20.8 Å². The van der Waals surface area contributed by atoms with Gasteiger partial charge in [-0.25, -0.2) is 13.1 Å². The number of fused-ring (bicyclic) bond motifs is 1. The zero-order chi connectivity index (χ0) is 27.1. The Bertz CT molecular complexity index is 1610. The van der Waals surface area contributed by atoms with Gasteiger partial charge in [-0.05, 0) is 65.9 Å². The van der Waals surface area contributed by atoms with Crippen LogP contribution in [-0.2, 0) is 29.5 Å². The van der Waals surface area contributed by atoms with Crippen LogP contribution in [0, 0.1) is 20.8 Å². The van der Waals surface area contributed by atoms with Gasteiger partial charge in [-0.2, -0.15) is 0 Å². The maximum Gasteiger partial charge on any atom is 0.241 e. The SMILES string of the molecule is Cc1ccc(C)c(C)c1.N[C@H](c1ccccc1)[C@H](NS(=O)(=O)c1ccc2ccccc2c1)c1ccccc1.[Ru]. The van der Waals surface area contributed by atoms with E-state index in [1.54, 1.807) is 12.1 Å². The Morgan fingerprint density at radius 1 is 0.615 bits per heavy atom. The molecule has 0 amide bonds. The van der Waals surface area contributed by atoms with Gasteiger partial charge in [-0.1, -0.05) is 115 Å². The van der Waals surface area contributed by atoms with Gasteiger partial charge in [0.15, 0.2) is 0 Å². The number of hydrogen-bond donors (Lipinski definition) is 2. The van der Waals surface area contributed by atoms with Crippen molar-refractivity contribution in [2.75, 3.05) is 0 Å². The van der Waals surface area contributed by atoms with Gasteiger partial charge in [-0.15, -0.1) is 0 Å². The minimum absolute atomic E-state index is 0. The molecule has 0 fully saturated rings. The fourth-order valence-corrected chi connectivity index (χ4v) is 5.62. The van der Waals surface area contributed by atoms with Gasteiger partial charge in [0.05, 0.1) is 17.0 Å². The van der Waals surface area contributed by atoms with Crippen LogP contribution in [0.4, 0.5) is 0 Å². The number of nitrogens with one attached hydrogen (secondary N) is 1. The summed E-state index contributed by atoms with van der Waals surface area (Å²) in [4.78, 5) is 0.220. The monoisotopic (exact) mass is 624 g/mol. The van der Waals surface area contributed by atoms with E-state index in [-0.39, 0.29) is 24.4 Å². The van der Waals surface area contributed by atoms with E-state index in [0.717, 1.165) is 21.9 Å². The van der Waals surface area contributed by atoms with Crippen molar-refractivity contribution in [3.63, 3.8) is 0 Å². The quantitative estimate of drug-likeness (QED) is 0.197. The number of sulfonamides is 1. The molecule has 39 heavy (non-hydrogen) atoms. The molecule has 4 nitrogen and oxygen atoms in total. The van der Waals surface area contributed by atoms with Crippen LogP contribution in [-0.4, -0.2) is 8.42 Å². The predicted molar refractivity (Wildman–Crippen MR) is 157 cm³/mol. The molecule has 0 aliphatic heterocycles. The third-order valence-electron chi connectivity index (χ3n) is 6.68. The van der Waals surface area contributed by atoms with E-state index in [1.807, 2.05) is 91.0 Å². The number of hydrogen-bond acceptors (Lipinski definition) is 3. The van der Waals surface area contributed by atoms with Crippen molar-refractivity contribution in [3.8, 4) is 0 Å². The van der Waals surface area contributed by atoms with Crippen LogP contribution >= 0.6 is 0 Å². The molecule has 5 rings (SSSR count). The second-order valence-electron chi connectivity index (χ2n) is 9.54. The second-order valence-corrected chi connectivity index (χ2v) is 11.3. The molecule has 0 bridgehead atoms. The molecule has 5 aromatic carbocycles. The van der Waals surface area contributed by atoms with Gasteiger partial charge in [0, 0.05) is 19.5 Å². The van der Waals surface area contributed by atoms with E-state index in [0.29, 0.717) is 0 Å². The first-order valence-electron chi connectivity index (χ1n) is 12.6.